The maximum Gasteiger partial charge on any atom is 0.347 e. The minimum absolute atomic E-state index is 0.365. The van der Waals surface area contributed by atoms with E-state index in [4.69, 9.17) is 5.11 Å². The standard InChI is InChI=1S/C5H2BrIO2S/c6-2-1-3(7)10-4(2)5(8)9/h1H,(H,8,9). The average Bonchev–Trinajstić information content (AvgIpc) is 2.10. The van der Waals surface area contributed by atoms with Crippen LogP contribution in [0.2, 0.25) is 0 Å². The van der Waals surface area contributed by atoms with E-state index < -0.39 is 5.97 Å². The molecule has 0 aliphatic carbocycles. The first kappa shape index (κ1) is 8.48. The van der Waals surface area contributed by atoms with Crippen molar-refractivity contribution >= 4 is 55.8 Å². The maximum atomic E-state index is 10.4. The fourth-order valence-corrected chi connectivity index (χ4v) is 3.30. The van der Waals surface area contributed by atoms with Crippen LogP contribution in [0, 0.1) is 2.88 Å². The molecule has 0 aromatic carbocycles. The highest BCUT2D eigenvalue weighted by Gasteiger charge is 2.11. The molecule has 0 saturated heterocycles. The molecule has 54 valence electrons. The first-order valence-electron chi connectivity index (χ1n) is 2.29. The number of thiophene rings is 1. The van der Waals surface area contributed by atoms with Gasteiger partial charge in [0.1, 0.15) is 4.88 Å². The van der Waals surface area contributed by atoms with Crippen LogP contribution in [0.1, 0.15) is 9.67 Å². The van der Waals surface area contributed by atoms with E-state index in [0.29, 0.717) is 9.35 Å². The Morgan fingerprint density at radius 3 is 2.60 bits per heavy atom. The van der Waals surface area contributed by atoms with E-state index in [2.05, 4.69) is 38.5 Å². The van der Waals surface area contributed by atoms with Gasteiger partial charge in [0.25, 0.3) is 0 Å². The summed E-state index contributed by atoms with van der Waals surface area (Å²) in [5, 5.41) is 8.56. The summed E-state index contributed by atoms with van der Waals surface area (Å²) < 4.78 is 1.64. The molecule has 1 N–H and O–H groups in total. The second kappa shape index (κ2) is 3.19. The van der Waals surface area contributed by atoms with Crippen LogP contribution in [-0.4, -0.2) is 11.1 Å². The van der Waals surface area contributed by atoms with Gasteiger partial charge < -0.3 is 5.11 Å². The summed E-state index contributed by atoms with van der Waals surface area (Å²) in [5.74, 6) is -0.875. The molecular formula is C5H2BrIO2S. The second-order valence-electron chi connectivity index (χ2n) is 1.53. The summed E-state index contributed by atoms with van der Waals surface area (Å²) in [5.41, 5.74) is 0. The highest BCUT2D eigenvalue weighted by molar-refractivity contribution is 14.1. The minimum atomic E-state index is -0.875. The zero-order valence-electron chi connectivity index (χ0n) is 4.60. The highest BCUT2D eigenvalue weighted by atomic mass is 127. The Hall–Kier alpha value is 0.380. The van der Waals surface area contributed by atoms with Crippen molar-refractivity contribution in [2.75, 3.05) is 0 Å². The van der Waals surface area contributed by atoms with E-state index in [-0.39, 0.29) is 0 Å². The van der Waals surface area contributed by atoms with Gasteiger partial charge in [-0.25, -0.2) is 4.79 Å². The number of halogens is 2. The van der Waals surface area contributed by atoms with Crippen molar-refractivity contribution in [3.63, 3.8) is 0 Å². The van der Waals surface area contributed by atoms with Gasteiger partial charge in [0.05, 0.1) is 2.88 Å². The molecule has 5 heteroatoms. The van der Waals surface area contributed by atoms with Gasteiger partial charge in [0, 0.05) is 4.47 Å². The Labute approximate surface area is 83.5 Å². The Kier molecular flexibility index (Phi) is 2.70. The number of rotatable bonds is 1. The molecule has 0 atom stereocenters. The van der Waals surface area contributed by atoms with E-state index in [1.165, 1.54) is 11.3 Å². The zero-order valence-corrected chi connectivity index (χ0v) is 9.16. The molecule has 1 heterocycles. The normalized spacial score (nSPS) is 9.80. The smallest absolute Gasteiger partial charge is 0.347 e. The predicted molar refractivity (Wildman–Crippen MR) is 51.7 cm³/mol. The molecule has 1 rings (SSSR count). The van der Waals surface area contributed by atoms with Gasteiger partial charge in [-0.1, -0.05) is 0 Å². The molecule has 0 aliphatic heterocycles. The predicted octanol–water partition coefficient (Wildman–Crippen LogP) is 2.81. The summed E-state index contributed by atoms with van der Waals surface area (Å²) in [6.07, 6.45) is 0. The summed E-state index contributed by atoms with van der Waals surface area (Å²) in [4.78, 5) is 10.8. The number of carboxylic acids is 1. The van der Waals surface area contributed by atoms with Crippen molar-refractivity contribution in [3.05, 3.63) is 18.3 Å². The van der Waals surface area contributed by atoms with E-state index in [1.54, 1.807) is 6.07 Å². The molecule has 0 saturated carbocycles. The third-order valence-electron chi connectivity index (χ3n) is 0.851. The topological polar surface area (TPSA) is 37.3 Å². The van der Waals surface area contributed by atoms with Crippen molar-refractivity contribution in [2.24, 2.45) is 0 Å². The van der Waals surface area contributed by atoms with Gasteiger partial charge in [-0.15, -0.1) is 11.3 Å². The number of carbonyl (C=O) groups is 1. The van der Waals surface area contributed by atoms with Crippen molar-refractivity contribution in [2.45, 2.75) is 0 Å². The molecule has 0 radical (unpaired) electrons. The van der Waals surface area contributed by atoms with Crippen molar-refractivity contribution in [3.8, 4) is 0 Å². The molecule has 1 aromatic heterocycles. The van der Waals surface area contributed by atoms with E-state index in [1.807, 2.05) is 0 Å². The quantitative estimate of drug-likeness (QED) is 0.803. The second-order valence-corrected chi connectivity index (χ2v) is 5.33. The molecule has 0 bridgehead atoms. The van der Waals surface area contributed by atoms with Crippen molar-refractivity contribution in [1.82, 2.24) is 0 Å². The lowest BCUT2D eigenvalue weighted by Crippen LogP contribution is -1.91. The molecule has 0 amide bonds. The molecular weight excluding hydrogens is 331 g/mol. The fraction of sp³-hybridized carbons (Fsp3) is 0. The maximum absolute atomic E-state index is 10.4. The molecule has 10 heavy (non-hydrogen) atoms. The highest BCUT2D eigenvalue weighted by Crippen LogP contribution is 2.27. The molecule has 0 spiro atoms. The number of hydrogen-bond acceptors (Lipinski definition) is 2. The van der Waals surface area contributed by atoms with E-state index in [9.17, 15) is 4.79 Å². The van der Waals surface area contributed by atoms with Crippen LogP contribution in [-0.2, 0) is 0 Å². The van der Waals surface area contributed by atoms with Gasteiger partial charge in [0.2, 0.25) is 0 Å². The first-order chi connectivity index (χ1) is 4.61. The Morgan fingerprint density at radius 1 is 1.80 bits per heavy atom. The van der Waals surface area contributed by atoms with E-state index >= 15 is 0 Å². The van der Waals surface area contributed by atoms with Crippen molar-refractivity contribution < 1.29 is 9.90 Å². The van der Waals surface area contributed by atoms with Gasteiger partial charge in [-0.2, -0.15) is 0 Å². The average molecular weight is 333 g/mol. The summed E-state index contributed by atoms with van der Waals surface area (Å²) in [6, 6.07) is 1.79. The van der Waals surface area contributed by atoms with Gasteiger partial charge in [-0.05, 0) is 44.6 Å². The van der Waals surface area contributed by atoms with Crippen LogP contribution in [0.25, 0.3) is 0 Å². The molecule has 2 nitrogen and oxygen atoms in total. The molecule has 0 aliphatic rings. The van der Waals surface area contributed by atoms with Gasteiger partial charge in [0.15, 0.2) is 0 Å². The lowest BCUT2D eigenvalue weighted by atomic mass is 10.5. The van der Waals surface area contributed by atoms with Crippen LogP contribution in [0.5, 0.6) is 0 Å². The number of aromatic carboxylic acids is 1. The number of hydrogen-bond donors (Lipinski definition) is 1. The summed E-state index contributed by atoms with van der Waals surface area (Å²) >= 11 is 6.49. The third kappa shape index (κ3) is 1.70. The number of carboxylic acid groups (broad SMARTS) is 1. The summed E-state index contributed by atoms with van der Waals surface area (Å²) in [6.45, 7) is 0. The largest absolute Gasteiger partial charge is 0.477 e. The fourth-order valence-electron chi connectivity index (χ4n) is 0.487. The lowest BCUT2D eigenvalue weighted by Gasteiger charge is -1.84. The van der Waals surface area contributed by atoms with Crippen LogP contribution in [0.3, 0.4) is 0 Å². The van der Waals surface area contributed by atoms with Crippen molar-refractivity contribution in [1.29, 1.82) is 0 Å². The van der Waals surface area contributed by atoms with Crippen LogP contribution in [0.15, 0.2) is 10.5 Å². The van der Waals surface area contributed by atoms with Crippen LogP contribution in [0.4, 0.5) is 0 Å². The van der Waals surface area contributed by atoms with Gasteiger partial charge >= 0.3 is 5.97 Å². The molecule has 0 fully saturated rings. The Bertz CT molecular complexity index is 271. The molecule has 1 aromatic rings. The molecule has 0 unspecified atom stereocenters. The summed E-state index contributed by atoms with van der Waals surface area (Å²) in [7, 11) is 0. The third-order valence-corrected chi connectivity index (χ3v) is 3.62. The van der Waals surface area contributed by atoms with E-state index in [0.717, 1.165) is 2.88 Å². The van der Waals surface area contributed by atoms with Gasteiger partial charge in [-0.3, -0.25) is 0 Å². The first-order valence-corrected chi connectivity index (χ1v) is 4.98. The van der Waals surface area contributed by atoms with Crippen LogP contribution < -0.4 is 0 Å². The lowest BCUT2D eigenvalue weighted by molar-refractivity contribution is 0.0701. The zero-order chi connectivity index (χ0) is 7.72. The SMILES string of the molecule is O=C(O)c1sc(I)cc1Br. The monoisotopic (exact) mass is 332 g/mol. The Morgan fingerprint density at radius 2 is 2.40 bits per heavy atom. The van der Waals surface area contributed by atoms with Crippen LogP contribution >= 0.6 is 49.9 Å². The Balaban J connectivity index is 3.15. The minimum Gasteiger partial charge on any atom is -0.477 e.